The Morgan fingerprint density at radius 3 is 2.70 bits per heavy atom. The summed E-state index contributed by atoms with van der Waals surface area (Å²) in [6.45, 7) is 0. The van der Waals surface area contributed by atoms with Gasteiger partial charge in [0.1, 0.15) is 17.3 Å². The first kappa shape index (κ1) is 14.7. The minimum atomic E-state index is -0.408. The monoisotopic (exact) mass is 400 g/mol. The molecule has 20 heavy (non-hydrogen) atoms. The Morgan fingerprint density at radius 1 is 1.30 bits per heavy atom. The maximum Gasteiger partial charge on any atom is 0.275 e. The quantitative estimate of drug-likeness (QED) is 0.825. The van der Waals surface area contributed by atoms with E-state index in [1.165, 1.54) is 12.4 Å². The first-order valence-electron chi connectivity index (χ1n) is 5.43. The third kappa shape index (κ3) is 3.26. The highest BCUT2D eigenvalue weighted by Crippen LogP contribution is 2.34. The van der Waals surface area contributed by atoms with E-state index < -0.39 is 5.91 Å². The van der Waals surface area contributed by atoms with Crippen molar-refractivity contribution in [3.8, 4) is 5.75 Å². The number of aromatic nitrogens is 2. The predicted molar refractivity (Wildman–Crippen MR) is 82.8 cm³/mol. The number of carbonyl (C=O) groups is 1. The Labute approximate surface area is 132 Å². The molecule has 2 aromatic rings. The number of methoxy groups -OCH3 is 1. The molecule has 6 nitrogen and oxygen atoms in total. The van der Waals surface area contributed by atoms with Gasteiger partial charge in [-0.25, -0.2) is 4.98 Å². The summed E-state index contributed by atoms with van der Waals surface area (Å²) in [6, 6.07) is 3.46. The lowest BCUT2D eigenvalue weighted by Crippen LogP contribution is -2.15. The van der Waals surface area contributed by atoms with Crippen molar-refractivity contribution in [1.29, 1.82) is 0 Å². The molecule has 0 aliphatic rings. The van der Waals surface area contributed by atoms with Crippen LogP contribution in [0.15, 0.2) is 33.5 Å². The molecule has 0 unspecified atom stereocenters. The molecule has 0 bridgehead atoms. The lowest BCUT2D eigenvalue weighted by Gasteiger charge is -2.10. The number of hydrogen-bond donors (Lipinski definition) is 2. The van der Waals surface area contributed by atoms with Crippen LogP contribution in [-0.4, -0.2) is 23.0 Å². The zero-order chi connectivity index (χ0) is 14.7. The highest BCUT2D eigenvalue weighted by Gasteiger charge is 2.13. The molecule has 0 saturated carbocycles. The minimum Gasteiger partial charge on any atom is -0.495 e. The fraction of sp³-hybridized carbons (Fsp3) is 0.0833. The van der Waals surface area contributed by atoms with Gasteiger partial charge in [0.05, 0.1) is 29.7 Å². The molecule has 0 aliphatic heterocycles. The fourth-order valence-electron chi connectivity index (χ4n) is 1.46. The van der Waals surface area contributed by atoms with Crippen molar-refractivity contribution >= 4 is 49.3 Å². The van der Waals surface area contributed by atoms with Gasteiger partial charge in [-0.2, -0.15) is 0 Å². The lowest BCUT2D eigenvalue weighted by molar-refractivity contribution is 0.102. The molecule has 0 atom stereocenters. The second kappa shape index (κ2) is 6.19. The van der Waals surface area contributed by atoms with Gasteiger partial charge in [0, 0.05) is 10.5 Å². The summed E-state index contributed by atoms with van der Waals surface area (Å²) in [5.74, 6) is 0.377. The Bertz CT molecular complexity index is 664. The number of anilines is 2. The molecule has 0 saturated heterocycles. The highest BCUT2D eigenvalue weighted by atomic mass is 79.9. The number of benzene rings is 1. The second-order valence-corrected chi connectivity index (χ2v) is 5.46. The average Bonchev–Trinajstić information content (AvgIpc) is 2.41. The van der Waals surface area contributed by atoms with Gasteiger partial charge in [-0.15, -0.1) is 0 Å². The molecular formula is C12H10Br2N4O2. The molecule has 3 N–H and O–H groups in total. The average molecular weight is 402 g/mol. The molecular weight excluding hydrogens is 392 g/mol. The molecule has 104 valence electrons. The topological polar surface area (TPSA) is 90.1 Å². The van der Waals surface area contributed by atoms with Crippen molar-refractivity contribution in [2.24, 2.45) is 0 Å². The SMILES string of the molecule is COc1cc(NC(=O)c2cncc(N)n2)c(Br)cc1Br. The molecule has 1 aromatic carbocycles. The number of rotatable bonds is 3. The van der Waals surface area contributed by atoms with Gasteiger partial charge in [-0.3, -0.25) is 9.78 Å². The third-order valence-electron chi connectivity index (χ3n) is 2.38. The van der Waals surface area contributed by atoms with Crippen molar-refractivity contribution in [3.05, 3.63) is 39.2 Å². The maximum absolute atomic E-state index is 12.1. The number of nitrogen functional groups attached to an aromatic ring is 1. The summed E-state index contributed by atoms with van der Waals surface area (Å²) in [5, 5.41) is 2.71. The van der Waals surface area contributed by atoms with Gasteiger partial charge in [-0.1, -0.05) is 0 Å². The molecule has 8 heteroatoms. The van der Waals surface area contributed by atoms with E-state index in [9.17, 15) is 4.79 Å². The van der Waals surface area contributed by atoms with E-state index in [1.54, 1.807) is 19.2 Å². The minimum absolute atomic E-state index is 0.138. The van der Waals surface area contributed by atoms with Crippen LogP contribution in [0, 0.1) is 0 Å². The lowest BCUT2D eigenvalue weighted by atomic mass is 10.3. The molecule has 2 rings (SSSR count). The first-order chi connectivity index (χ1) is 9.51. The smallest absolute Gasteiger partial charge is 0.275 e. The number of nitrogens with two attached hydrogens (primary N) is 1. The van der Waals surface area contributed by atoms with Gasteiger partial charge in [0.25, 0.3) is 5.91 Å². The molecule has 0 aliphatic carbocycles. The summed E-state index contributed by atoms with van der Waals surface area (Å²) in [4.78, 5) is 19.8. The van der Waals surface area contributed by atoms with Crippen molar-refractivity contribution in [2.45, 2.75) is 0 Å². The highest BCUT2D eigenvalue weighted by molar-refractivity contribution is 9.11. The van der Waals surface area contributed by atoms with Crippen molar-refractivity contribution in [2.75, 3.05) is 18.2 Å². The van der Waals surface area contributed by atoms with Gasteiger partial charge >= 0.3 is 0 Å². The number of halogens is 2. The van der Waals surface area contributed by atoms with Crippen LogP contribution in [0.1, 0.15) is 10.5 Å². The summed E-state index contributed by atoms with van der Waals surface area (Å²) >= 11 is 6.72. The summed E-state index contributed by atoms with van der Waals surface area (Å²) in [7, 11) is 1.54. The number of hydrogen-bond acceptors (Lipinski definition) is 5. The van der Waals surface area contributed by atoms with Crippen molar-refractivity contribution < 1.29 is 9.53 Å². The van der Waals surface area contributed by atoms with Crippen LogP contribution in [0.4, 0.5) is 11.5 Å². The third-order valence-corrected chi connectivity index (χ3v) is 3.65. The second-order valence-electron chi connectivity index (χ2n) is 3.75. The number of nitrogens with zero attached hydrogens (tertiary/aromatic N) is 2. The Hall–Kier alpha value is -1.67. The van der Waals surface area contributed by atoms with E-state index in [1.807, 2.05) is 0 Å². The molecule has 0 spiro atoms. The van der Waals surface area contributed by atoms with Gasteiger partial charge in [-0.05, 0) is 37.9 Å². The van der Waals surface area contributed by atoms with Crippen LogP contribution in [0.3, 0.4) is 0 Å². The van der Waals surface area contributed by atoms with E-state index >= 15 is 0 Å². The zero-order valence-corrected chi connectivity index (χ0v) is 13.5. The number of ether oxygens (including phenoxy) is 1. The van der Waals surface area contributed by atoms with Gasteiger partial charge in [0.2, 0.25) is 0 Å². The van der Waals surface area contributed by atoms with Crippen molar-refractivity contribution in [3.63, 3.8) is 0 Å². The number of carbonyl (C=O) groups excluding carboxylic acids is 1. The summed E-state index contributed by atoms with van der Waals surface area (Å²) in [5.41, 5.74) is 6.19. The van der Waals surface area contributed by atoms with Gasteiger partial charge < -0.3 is 15.8 Å². The Balaban J connectivity index is 2.28. The van der Waals surface area contributed by atoms with Crippen LogP contribution in [0.5, 0.6) is 5.75 Å². The molecule has 1 heterocycles. The van der Waals surface area contributed by atoms with Crippen LogP contribution >= 0.6 is 31.9 Å². The largest absolute Gasteiger partial charge is 0.495 e. The van der Waals surface area contributed by atoms with E-state index in [0.29, 0.717) is 15.9 Å². The van der Waals surface area contributed by atoms with E-state index in [0.717, 1.165) is 4.47 Å². The number of amides is 1. The van der Waals surface area contributed by atoms with Crippen molar-refractivity contribution in [1.82, 2.24) is 9.97 Å². The molecule has 0 fully saturated rings. The zero-order valence-electron chi connectivity index (χ0n) is 10.4. The van der Waals surface area contributed by atoms with Gasteiger partial charge in [0.15, 0.2) is 0 Å². The Kier molecular flexibility index (Phi) is 4.56. The maximum atomic E-state index is 12.1. The fourth-order valence-corrected chi connectivity index (χ4v) is 2.71. The summed E-state index contributed by atoms with van der Waals surface area (Å²) < 4.78 is 6.66. The van der Waals surface area contributed by atoms with Crippen LogP contribution in [-0.2, 0) is 0 Å². The number of nitrogens with one attached hydrogen (secondary N) is 1. The van der Waals surface area contributed by atoms with Crippen LogP contribution in [0.25, 0.3) is 0 Å². The normalized spacial score (nSPS) is 10.2. The van der Waals surface area contributed by atoms with E-state index in [2.05, 4.69) is 47.1 Å². The van der Waals surface area contributed by atoms with E-state index in [4.69, 9.17) is 10.5 Å². The van der Waals surface area contributed by atoms with Crippen LogP contribution < -0.4 is 15.8 Å². The predicted octanol–water partition coefficient (Wildman–Crippen LogP) is 2.84. The first-order valence-corrected chi connectivity index (χ1v) is 7.01. The van der Waals surface area contributed by atoms with E-state index in [-0.39, 0.29) is 11.5 Å². The Morgan fingerprint density at radius 2 is 2.05 bits per heavy atom. The molecule has 1 amide bonds. The molecule has 1 aromatic heterocycles. The summed E-state index contributed by atoms with van der Waals surface area (Å²) in [6.07, 6.45) is 2.71. The van der Waals surface area contributed by atoms with Crippen LogP contribution in [0.2, 0.25) is 0 Å². The molecule has 0 radical (unpaired) electrons. The standard InChI is InChI=1S/C12H10Br2N4O2/c1-20-10-3-8(6(13)2-7(10)14)18-12(19)9-4-16-5-11(15)17-9/h2-5H,1H3,(H2,15,17)(H,18,19).